The molecule has 2 aromatic heterocycles. The van der Waals surface area contributed by atoms with Gasteiger partial charge in [0.05, 0.1) is 0 Å². The van der Waals surface area contributed by atoms with Gasteiger partial charge in [-0.1, -0.05) is 0 Å². The third-order valence-corrected chi connectivity index (χ3v) is 3.78. The lowest BCUT2D eigenvalue weighted by Gasteiger charge is -2.23. The van der Waals surface area contributed by atoms with Crippen molar-refractivity contribution in [1.29, 1.82) is 0 Å². The highest BCUT2D eigenvalue weighted by Crippen LogP contribution is 2.30. The van der Waals surface area contributed by atoms with Gasteiger partial charge in [0.2, 0.25) is 0 Å². The van der Waals surface area contributed by atoms with Crippen molar-refractivity contribution in [1.82, 2.24) is 14.9 Å². The van der Waals surface area contributed by atoms with Crippen LogP contribution in [-0.4, -0.2) is 28.0 Å². The number of hydrogen-bond donors (Lipinski definition) is 1. The van der Waals surface area contributed by atoms with E-state index in [0.29, 0.717) is 6.04 Å². The average molecular weight is 241 g/mol. The molecule has 2 aromatic rings. The van der Waals surface area contributed by atoms with Crippen LogP contribution in [0.2, 0.25) is 0 Å². The maximum Gasteiger partial charge on any atom is 0.0498 e. The molecule has 1 unspecified atom stereocenters. The molecule has 0 aromatic carbocycles. The Balaban J connectivity index is 1.62. The Hall–Kier alpha value is -1.61. The van der Waals surface area contributed by atoms with E-state index >= 15 is 0 Å². The minimum Gasteiger partial charge on any atom is -0.364 e. The van der Waals surface area contributed by atoms with E-state index in [1.54, 1.807) is 0 Å². The van der Waals surface area contributed by atoms with Crippen molar-refractivity contribution in [2.45, 2.75) is 25.3 Å². The summed E-state index contributed by atoms with van der Waals surface area (Å²) in [5.41, 5.74) is 2.74. The van der Waals surface area contributed by atoms with Crippen LogP contribution in [0.4, 0.5) is 0 Å². The number of rotatable bonds is 4. The van der Waals surface area contributed by atoms with Gasteiger partial charge in [-0.15, -0.1) is 0 Å². The second-order valence-electron chi connectivity index (χ2n) is 4.92. The summed E-state index contributed by atoms with van der Waals surface area (Å²) in [5, 5.41) is 0. The lowest BCUT2D eigenvalue weighted by molar-refractivity contribution is 0.257. The molecule has 3 rings (SSSR count). The molecule has 0 radical (unpaired) electrons. The summed E-state index contributed by atoms with van der Waals surface area (Å²) in [7, 11) is 0. The molecular formula is C15H19N3. The molecule has 1 N–H and O–H groups in total. The Labute approximate surface area is 108 Å². The average Bonchev–Trinajstić information content (AvgIpc) is 3.08. The third-order valence-electron chi connectivity index (χ3n) is 3.78. The molecule has 18 heavy (non-hydrogen) atoms. The number of nitrogens with zero attached hydrogens (tertiary/aromatic N) is 2. The van der Waals surface area contributed by atoms with Gasteiger partial charge in [0.1, 0.15) is 0 Å². The van der Waals surface area contributed by atoms with Crippen LogP contribution in [0.25, 0.3) is 0 Å². The predicted octanol–water partition coefficient (Wildman–Crippen LogP) is 2.79. The molecule has 1 aliphatic rings. The Morgan fingerprint density at radius 2 is 2.17 bits per heavy atom. The second kappa shape index (κ2) is 5.36. The van der Waals surface area contributed by atoms with E-state index in [1.807, 2.05) is 18.6 Å². The van der Waals surface area contributed by atoms with Crippen molar-refractivity contribution >= 4 is 0 Å². The molecule has 3 nitrogen and oxygen atoms in total. The first-order chi connectivity index (χ1) is 8.93. The van der Waals surface area contributed by atoms with Gasteiger partial charge < -0.3 is 4.98 Å². The van der Waals surface area contributed by atoms with E-state index < -0.39 is 0 Å². The maximum atomic E-state index is 4.06. The number of aromatic amines is 1. The van der Waals surface area contributed by atoms with Crippen LogP contribution >= 0.6 is 0 Å². The van der Waals surface area contributed by atoms with E-state index in [1.165, 1.54) is 30.6 Å². The van der Waals surface area contributed by atoms with Gasteiger partial charge in [-0.25, -0.2) is 0 Å². The van der Waals surface area contributed by atoms with Crippen molar-refractivity contribution in [3.05, 3.63) is 54.1 Å². The number of likely N-dealkylation sites (tertiary alicyclic amines) is 1. The van der Waals surface area contributed by atoms with E-state index in [0.717, 1.165) is 13.0 Å². The van der Waals surface area contributed by atoms with Crippen LogP contribution in [0.1, 0.15) is 30.1 Å². The second-order valence-corrected chi connectivity index (χ2v) is 4.92. The topological polar surface area (TPSA) is 31.9 Å². The molecule has 0 saturated carbocycles. The molecule has 0 amide bonds. The first-order valence-electron chi connectivity index (χ1n) is 6.70. The highest BCUT2D eigenvalue weighted by molar-refractivity contribution is 5.13. The fraction of sp³-hybridized carbons (Fsp3) is 0.400. The SMILES string of the molecule is c1c[nH]c(C2CCCN2CCc2ccncc2)c1. The minimum atomic E-state index is 0.585. The zero-order valence-corrected chi connectivity index (χ0v) is 10.5. The van der Waals surface area contributed by atoms with E-state index in [-0.39, 0.29) is 0 Å². The fourth-order valence-electron chi connectivity index (χ4n) is 2.82. The van der Waals surface area contributed by atoms with Crippen LogP contribution in [0.5, 0.6) is 0 Å². The zero-order valence-electron chi connectivity index (χ0n) is 10.5. The molecule has 1 aliphatic heterocycles. The van der Waals surface area contributed by atoms with Crippen molar-refractivity contribution in [3.63, 3.8) is 0 Å². The number of aromatic nitrogens is 2. The van der Waals surface area contributed by atoms with Crippen LogP contribution in [-0.2, 0) is 6.42 Å². The van der Waals surface area contributed by atoms with E-state index in [4.69, 9.17) is 0 Å². The smallest absolute Gasteiger partial charge is 0.0498 e. The minimum absolute atomic E-state index is 0.585. The van der Waals surface area contributed by atoms with Crippen LogP contribution < -0.4 is 0 Å². The van der Waals surface area contributed by atoms with Crippen molar-refractivity contribution < 1.29 is 0 Å². The lowest BCUT2D eigenvalue weighted by atomic mass is 10.1. The third kappa shape index (κ3) is 2.46. The monoisotopic (exact) mass is 241 g/mol. The molecule has 0 aliphatic carbocycles. The van der Waals surface area contributed by atoms with Gasteiger partial charge >= 0.3 is 0 Å². The Bertz CT molecular complexity index is 464. The van der Waals surface area contributed by atoms with Gasteiger partial charge in [-0.05, 0) is 55.6 Å². The summed E-state index contributed by atoms with van der Waals surface area (Å²) >= 11 is 0. The van der Waals surface area contributed by atoms with Crippen molar-refractivity contribution in [2.75, 3.05) is 13.1 Å². The van der Waals surface area contributed by atoms with Gasteiger partial charge in [0.25, 0.3) is 0 Å². The van der Waals surface area contributed by atoms with Crippen molar-refractivity contribution in [2.24, 2.45) is 0 Å². The molecule has 1 saturated heterocycles. The number of pyridine rings is 1. The van der Waals surface area contributed by atoms with Gasteiger partial charge in [-0.3, -0.25) is 9.88 Å². The van der Waals surface area contributed by atoms with Gasteiger partial charge in [-0.2, -0.15) is 0 Å². The quantitative estimate of drug-likeness (QED) is 0.892. The van der Waals surface area contributed by atoms with Crippen LogP contribution in [0, 0.1) is 0 Å². The largest absolute Gasteiger partial charge is 0.364 e. The Morgan fingerprint density at radius 1 is 1.28 bits per heavy atom. The summed E-state index contributed by atoms with van der Waals surface area (Å²) in [6, 6.07) is 9.10. The molecule has 0 spiro atoms. The molecule has 94 valence electrons. The molecule has 1 fully saturated rings. The number of H-pyrrole nitrogens is 1. The summed E-state index contributed by atoms with van der Waals surface area (Å²) in [6.07, 6.45) is 9.47. The highest BCUT2D eigenvalue weighted by Gasteiger charge is 2.25. The predicted molar refractivity (Wildman–Crippen MR) is 72.3 cm³/mol. The molecular weight excluding hydrogens is 222 g/mol. The summed E-state index contributed by atoms with van der Waals surface area (Å²) in [5.74, 6) is 0. The summed E-state index contributed by atoms with van der Waals surface area (Å²) in [6.45, 7) is 2.35. The zero-order chi connectivity index (χ0) is 12.2. The molecule has 3 heterocycles. The fourth-order valence-corrected chi connectivity index (χ4v) is 2.82. The van der Waals surface area contributed by atoms with Gasteiger partial charge in [0.15, 0.2) is 0 Å². The highest BCUT2D eigenvalue weighted by atomic mass is 15.2. The molecule has 0 bridgehead atoms. The van der Waals surface area contributed by atoms with Crippen LogP contribution in [0.15, 0.2) is 42.9 Å². The number of hydrogen-bond acceptors (Lipinski definition) is 2. The van der Waals surface area contributed by atoms with E-state index in [9.17, 15) is 0 Å². The summed E-state index contributed by atoms with van der Waals surface area (Å²) < 4.78 is 0. The standard InChI is InChI=1S/C15H19N3/c1-3-14(17-8-1)15-4-2-11-18(15)12-7-13-5-9-16-10-6-13/h1,3,5-6,8-10,15,17H,2,4,7,11-12H2. The maximum absolute atomic E-state index is 4.06. The van der Waals surface area contributed by atoms with Crippen molar-refractivity contribution in [3.8, 4) is 0 Å². The summed E-state index contributed by atoms with van der Waals surface area (Å²) in [4.78, 5) is 10.0. The van der Waals surface area contributed by atoms with Gasteiger partial charge in [0, 0.05) is 36.9 Å². The normalized spacial score (nSPS) is 20.3. The Morgan fingerprint density at radius 3 is 2.94 bits per heavy atom. The van der Waals surface area contributed by atoms with E-state index in [2.05, 4.69) is 39.1 Å². The lowest BCUT2D eigenvalue weighted by Crippen LogP contribution is -2.25. The molecule has 1 atom stereocenters. The Kier molecular flexibility index (Phi) is 3.42. The molecule has 3 heteroatoms. The number of nitrogens with one attached hydrogen (secondary N) is 1. The first-order valence-corrected chi connectivity index (χ1v) is 6.70. The first kappa shape index (κ1) is 11.5. The van der Waals surface area contributed by atoms with Crippen LogP contribution in [0.3, 0.4) is 0 Å².